The Morgan fingerprint density at radius 1 is 1.41 bits per heavy atom. The van der Waals surface area contributed by atoms with Gasteiger partial charge in [0, 0.05) is 38.6 Å². The summed E-state index contributed by atoms with van der Waals surface area (Å²) in [5.41, 5.74) is 1.08. The molecular formula is C14H26IN5OS. The molecule has 1 aromatic heterocycles. The zero-order valence-corrected chi connectivity index (χ0v) is 16.4. The Bertz CT molecular complexity index is 448. The highest BCUT2D eigenvalue weighted by Crippen LogP contribution is 2.09. The minimum absolute atomic E-state index is 0. The van der Waals surface area contributed by atoms with Gasteiger partial charge in [0.15, 0.2) is 5.96 Å². The summed E-state index contributed by atoms with van der Waals surface area (Å²) in [6, 6.07) is 0. The van der Waals surface area contributed by atoms with Crippen molar-refractivity contribution in [3.63, 3.8) is 0 Å². The Morgan fingerprint density at radius 3 is 2.82 bits per heavy atom. The van der Waals surface area contributed by atoms with E-state index < -0.39 is 0 Å². The van der Waals surface area contributed by atoms with Crippen molar-refractivity contribution in [2.75, 3.05) is 46.4 Å². The van der Waals surface area contributed by atoms with Crippen LogP contribution in [0.1, 0.15) is 17.6 Å². The molecule has 0 atom stereocenters. The maximum atomic E-state index is 5.34. The largest absolute Gasteiger partial charge is 0.379 e. The summed E-state index contributed by atoms with van der Waals surface area (Å²) in [7, 11) is 1.79. The van der Waals surface area contributed by atoms with Gasteiger partial charge in [0.25, 0.3) is 0 Å². The van der Waals surface area contributed by atoms with Crippen molar-refractivity contribution in [1.29, 1.82) is 0 Å². The van der Waals surface area contributed by atoms with Gasteiger partial charge in [-0.15, -0.1) is 35.3 Å². The fraction of sp³-hybridized carbons (Fsp3) is 0.714. The van der Waals surface area contributed by atoms with Crippen LogP contribution in [0.5, 0.6) is 0 Å². The van der Waals surface area contributed by atoms with Gasteiger partial charge >= 0.3 is 0 Å². The van der Waals surface area contributed by atoms with E-state index in [1.54, 1.807) is 18.4 Å². The first-order valence-corrected chi connectivity index (χ1v) is 8.37. The number of aryl methyl sites for hydroxylation is 1. The van der Waals surface area contributed by atoms with Crippen LogP contribution in [0.4, 0.5) is 0 Å². The molecule has 1 aliphatic rings. The molecule has 1 fully saturated rings. The molecule has 0 bridgehead atoms. The highest BCUT2D eigenvalue weighted by Gasteiger charge is 2.09. The summed E-state index contributed by atoms with van der Waals surface area (Å²) < 4.78 is 5.34. The second-order valence-corrected chi connectivity index (χ2v) is 5.84. The molecule has 0 aromatic carbocycles. The average molecular weight is 439 g/mol. The van der Waals surface area contributed by atoms with Crippen LogP contribution < -0.4 is 10.6 Å². The smallest absolute Gasteiger partial charge is 0.191 e. The Hall–Kier alpha value is -0.450. The fourth-order valence-corrected chi connectivity index (χ4v) is 2.89. The molecule has 1 saturated heterocycles. The Labute approximate surface area is 153 Å². The van der Waals surface area contributed by atoms with Crippen LogP contribution in [0.2, 0.25) is 0 Å². The number of hydrogen-bond donors (Lipinski definition) is 2. The third-order valence-corrected chi connectivity index (χ3v) is 4.43. The van der Waals surface area contributed by atoms with E-state index in [1.165, 1.54) is 5.01 Å². The highest BCUT2D eigenvalue weighted by atomic mass is 127. The molecule has 6 nitrogen and oxygen atoms in total. The number of rotatable bonds is 6. The molecule has 0 aliphatic carbocycles. The Balaban J connectivity index is 0.00000242. The number of aromatic nitrogens is 1. The van der Waals surface area contributed by atoms with Gasteiger partial charge in [0.2, 0.25) is 0 Å². The van der Waals surface area contributed by atoms with Crippen molar-refractivity contribution < 1.29 is 4.74 Å². The quantitative estimate of drug-likeness (QED) is 0.398. The van der Waals surface area contributed by atoms with E-state index in [0.717, 1.165) is 57.5 Å². The lowest BCUT2D eigenvalue weighted by molar-refractivity contribution is 0.0389. The number of ether oxygens (including phenoxy) is 1. The molecule has 2 rings (SSSR count). The number of nitrogens with one attached hydrogen (secondary N) is 2. The predicted octanol–water partition coefficient (Wildman–Crippen LogP) is 1.32. The molecule has 0 unspecified atom stereocenters. The van der Waals surface area contributed by atoms with Crippen LogP contribution in [0, 0.1) is 0 Å². The minimum atomic E-state index is 0. The van der Waals surface area contributed by atoms with Crippen molar-refractivity contribution in [3.05, 3.63) is 16.1 Å². The van der Waals surface area contributed by atoms with Gasteiger partial charge < -0.3 is 15.4 Å². The van der Waals surface area contributed by atoms with E-state index in [1.807, 2.05) is 0 Å². The number of guanidine groups is 1. The maximum absolute atomic E-state index is 5.34. The molecule has 1 aliphatic heterocycles. The van der Waals surface area contributed by atoms with Gasteiger partial charge in [-0.05, 0) is 6.42 Å². The molecule has 2 N–H and O–H groups in total. The summed E-state index contributed by atoms with van der Waals surface area (Å²) >= 11 is 1.72. The van der Waals surface area contributed by atoms with Crippen LogP contribution in [0.15, 0.2) is 10.4 Å². The average Bonchev–Trinajstić information content (AvgIpc) is 3.00. The Kier molecular flexibility index (Phi) is 9.92. The second-order valence-electron chi connectivity index (χ2n) is 4.89. The summed E-state index contributed by atoms with van der Waals surface area (Å²) in [4.78, 5) is 11.2. The first-order valence-electron chi connectivity index (χ1n) is 7.49. The Morgan fingerprint density at radius 2 is 2.18 bits per heavy atom. The van der Waals surface area contributed by atoms with Gasteiger partial charge in [0.05, 0.1) is 30.5 Å². The molecule has 22 heavy (non-hydrogen) atoms. The van der Waals surface area contributed by atoms with Crippen molar-refractivity contribution >= 4 is 41.3 Å². The van der Waals surface area contributed by atoms with Gasteiger partial charge in [-0.2, -0.15) is 0 Å². The fourth-order valence-electron chi connectivity index (χ4n) is 2.14. The van der Waals surface area contributed by atoms with Crippen molar-refractivity contribution in [3.8, 4) is 0 Å². The SMILES string of the molecule is CCc1nc(CNC(=NC)NCCN2CCOCC2)cs1.I. The van der Waals surface area contributed by atoms with Crippen LogP contribution in [0.3, 0.4) is 0 Å². The first kappa shape index (κ1) is 19.6. The van der Waals surface area contributed by atoms with Crippen molar-refractivity contribution in [2.45, 2.75) is 19.9 Å². The van der Waals surface area contributed by atoms with E-state index in [4.69, 9.17) is 4.74 Å². The summed E-state index contributed by atoms with van der Waals surface area (Å²) in [5, 5.41) is 9.93. The molecule has 0 amide bonds. The highest BCUT2D eigenvalue weighted by molar-refractivity contribution is 14.0. The van der Waals surface area contributed by atoms with Gasteiger partial charge in [0.1, 0.15) is 0 Å². The number of morpholine rings is 1. The third-order valence-electron chi connectivity index (χ3n) is 3.39. The zero-order chi connectivity index (χ0) is 14.9. The lowest BCUT2D eigenvalue weighted by atomic mass is 10.4. The lowest BCUT2D eigenvalue weighted by Crippen LogP contribution is -2.44. The lowest BCUT2D eigenvalue weighted by Gasteiger charge is -2.26. The standard InChI is InChI=1S/C14H25N5OS.HI/c1-3-13-18-12(11-21-13)10-17-14(15-2)16-4-5-19-6-8-20-9-7-19;/h11H,3-10H2,1-2H3,(H2,15,16,17);1H. The molecule has 2 heterocycles. The van der Waals surface area contributed by atoms with Crippen molar-refractivity contribution in [1.82, 2.24) is 20.5 Å². The van der Waals surface area contributed by atoms with E-state index in [9.17, 15) is 0 Å². The topological polar surface area (TPSA) is 61.8 Å². The van der Waals surface area contributed by atoms with Crippen LogP contribution >= 0.6 is 35.3 Å². The molecule has 126 valence electrons. The van der Waals surface area contributed by atoms with E-state index in [0.29, 0.717) is 6.54 Å². The van der Waals surface area contributed by atoms with E-state index >= 15 is 0 Å². The summed E-state index contributed by atoms with van der Waals surface area (Å²) in [6.07, 6.45) is 0.997. The molecular weight excluding hydrogens is 413 g/mol. The molecule has 1 aromatic rings. The monoisotopic (exact) mass is 439 g/mol. The van der Waals surface area contributed by atoms with Crippen LogP contribution in [-0.4, -0.2) is 62.3 Å². The van der Waals surface area contributed by atoms with Crippen LogP contribution in [-0.2, 0) is 17.7 Å². The van der Waals surface area contributed by atoms with Crippen molar-refractivity contribution in [2.24, 2.45) is 4.99 Å². The van der Waals surface area contributed by atoms with Crippen LogP contribution in [0.25, 0.3) is 0 Å². The molecule has 8 heteroatoms. The molecule has 0 radical (unpaired) electrons. The third kappa shape index (κ3) is 6.76. The van der Waals surface area contributed by atoms with E-state index in [-0.39, 0.29) is 24.0 Å². The first-order chi connectivity index (χ1) is 10.3. The summed E-state index contributed by atoms with van der Waals surface area (Å²) in [5.74, 6) is 0.828. The number of thiazole rings is 1. The molecule has 0 saturated carbocycles. The number of halogens is 1. The predicted molar refractivity (Wildman–Crippen MR) is 102 cm³/mol. The molecule has 0 spiro atoms. The van der Waals surface area contributed by atoms with Gasteiger partial charge in [-0.3, -0.25) is 9.89 Å². The second kappa shape index (κ2) is 11.1. The minimum Gasteiger partial charge on any atom is -0.379 e. The van der Waals surface area contributed by atoms with E-state index in [2.05, 4.69) is 37.8 Å². The van der Waals surface area contributed by atoms with Gasteiger partial charge in [-0.25, -0.2) is 4.98 Å². The number of nitrogens with zero attached hydrogens (tertiary/aromatic N) is 3. The maximum Gasteiger partial charge on any atom is 0.191 e. The number of hydrogen-bond acceptors (Lipinski definition) is 5. The zero-order valence-electron chi connectivity index (χ0n) is 13.3. The normalized spacial score (nSPS) is 16.2. The summed E-state index contributed by atoms with van der Waals surface area (Å²) in [6.45, 7) is 8.47. The van der Waals surface area contributed by atoms with Gasteiger partial charge in [-0.1, -0.05) is 6.92 Å². The number of aliphatic imine (C=N–C) groups is 1.